The van der Waals surface area contributed by atoms with Crippen LogP contribution in [0.4, 0.5) is 0 Å². The fraction of sp³-hybridized carbons (Fsp3) is 1.00. The van der Waals surface area contributed by atoms with Crippen molar-refractivity contribution in [2.45, 2.75) is 25.0 Å². The van der Waals surface area contributed by atoms with E-state index in [1.807, 2.05) is 0 Å². The quantitative estimate of drug-likeness (QED) is 0.575. The molecule has 86 valence electrons. The lowest BCUT2D eigenvalue weighted by molar-refractivity contribution is 0.00924. The third-order valence-corrected chi connectivity index (χ3v) is 2.49. The third-order valence-electron chi connectivity index (χ3n) is 1.92. The van der Waals surface area contributed by atoms with Gasteiger partial charge in [-0.05, 0) is 12.8 Å². The van der Waals surface area contributed by atoms with Crippen LogP contribution in [0.25, 0.3) is 0 Å². The maximum Gasteiger partial charge on any atom is 0.274 e. The molecule has 0 unspecified atom stereocenters. The summed E-state index contributed by atoms with van der Waals surface area (Å²) in [7, 11) is -3.60. The molecule has 0 bridgehead atoms. The zero-order valence-electron chi connectivity index (χ0n) is 7.68. The van der Waals surface area contributed by atoms with Crippen LogP contribution in [0, 0.1) is 0 Å². The second-order valence-corrected chi connectivity index (χ2v) is 4.56. The number of hydrogen-bond acceptors (Lipinski definition) is 4. The Morgan fingerprint density at radius 3 is 2.50 bits per heavy atom. The smallest absolute Gasteiger partial charge is 0.274 e. The van der Waals surface area contributed by atoms with Crippen LogP contribution in [0.3, 0.4) is 0 Å². The summed E-state index contributed by atoms with van der Waals surface area (Å²) in [5, 5.41) is 4.76. The topological polar surface area (TPSA) is 107 Å². The van der Waals surface area contributed by atoms with Crippen LogP contribution in [-0.2, 0) is 14.9 Å². The van der Waals surface area contributed by atoms with E-state index in [1.54, 1.807) is 0 Å². The summed E-state index contributed by atoms with van der Waals surface area (Å²) in [6, 6.07) is 0.0748. The Bertz CT molecular complexity index is 251. The van der Waals surface area contributed by atoms with Crippen LogP contribution >= 0.6 is 12.4 Å². The van der Waals surface area contributed by atoms with E-state index in [-0.39, 0.29) is 31.1 Å². The van der Waals surface area contributed by atoms with Gasteiger partial charge in [-0.15, -0.1) is 12.4 Å². The Balaban J connectivity index is 0.00000169. The molecule has 0 aromatic rings. The van der Waals surface area contributed by atoms with E-state index in [9.17, 15) is 8.42 Å². The summed E-state index contributed by atoms with van der Waals surface area (Å²) >= 11 is 0. The molecule has 1 rings (SSSR count). The van der Waals surface area contributed by atoms with Gasteiger partial charge in [0, 0.05) is 12.6 Å². The van der Waals surface area contributed by atoms with Crippen LogP contribution in [0.15, 0.2) is 0 Å². The molecule has 0 aromatic carbocycles. The first kappa shape index (κ1) is 14.1. The number of hydrogen-bond donors (Lipinski definition) is 3. The molecule has 0 aliphatic carbocycles. The highest BCUT2D eigenvalue weighted by molar-refractivity contribution is 7.87. The molecule has 1 fully saturated rings. The van der Waals surface area contributed by atoms with Crippen molar-refractivity contribution in [1.29, 1.82) is 0 Å². The van der Waals surface area contributed by atoms with Gasteiger partial charge in [0.2, 0.25) is 0 Å². The SMILES string of the molecule is Cl.N[C@@H]1CC[C@@H](CNS(N)(=O)=O)OC1. The fourth-order valence-corrected chi connectivity index (χ4v) is 1.61. The van der Waals surface area contributed by atoms with E-state index in [4.69, 9.17) is 15.6 Å². The minimum atomic E-state index is -3.60. The molecule has 1 aliphatic heterocycles. The fourth-order valence-electron chi connectivity index (χ4n) is 1.20. The van der Waals surface area contributed by atoms with Crippen molar-refractivity contribution >= 4 is 22.6 Å². The van der Waals surface area contributed by atoms with Gasteiger partial charge in [-0.25, -0.2) is 5.14 Å². The molecular formula is C6H16ClN3O3S. The monoisotopic (exact) mass is 245 g/mol. The molecule has 1 aliphatic rings. The third kappa shape index (κ3) is 5.74. The van der Waals surface area contributed by atoms with Crippen LogP contribution in [0.1, 0.15) is 12.8 Å². The maximum atomic E-state index is 10.5. The number of ether oxygens (including phenoxy) is 1. The average Bonchev–Trinajstić information content (AvgIpc) is 2.02. The average molecular weight is 246 g/mol. The summed E-state index contributed by atoms with van der Waals surface area (Å²) in [6.07, 6.45) is 1.53. The van der Waals surface area contributed by atoms with E-state index in [1.165, 1.54) is 0 Å². The van der Waals surface area contributed by atoms with E-state index in [0.29, 0.717) is 6.61 Å². The van der Waals surface area contributed by atoms with Gasteiger partial charge in [-0.1, -0.05) is 0 Å². The van der Waals surface area contributed by atoms with Gasteiger partial charge >= 0.3 is 0 Å². The summed E-state index contributed by atoms with van der Waals surface area (Å²) < 4.78 is 28.5. The van der Waals surface area contributed by atoms with Crippen molar-refractivity contribution in [3.63, 3.8) is 0 Å². The Morgan fingerprint density at radius 2 is 2.07 bits per heavy atom. The van der Waals surface area contributed by atoms with Gasteiger partial charge in [-0.3, -0.25) is 0 Å². The second-order valence-electron chi connectivity index (χ2n) is 3.19. The highest BCUT2D eigenvalue weighted by Gasteiger charge is 2.19. The predicted molar refractivity (Wildman–Crippen MR) is 55.3 cm³/mol. The lowest BCUT2D eigenvalue weighted by Gasteiger charge is -2.26. The molecule has 8 heteroatoms. The van der Waals surface area contributed by atoms with Crippen LogP contribution < -0.4 is 15.6 Å². The highest BCUT2D eigenvalue weighted by Crippen LogP contribution is 2.11. The maximum absolute atomic E-state index is 10.5. The zero-order valence-corrected chi connectivity index (χ0v) is 9.31. The van der Waals surface area contributed by atoms with E-state index < -0.39 is 10.2 Å². The van der Waals surface area contributed by atoms with E-state index in [0.717, 1.165) is 12.8 Å². The first-order valence-electron chi connectivity index (χ1n) is 4.12. The standard InChI is InChI=1S/C6H15N3O3S.ClH/c7-5-1-2-6(12-4-5)3-9-13(8,10)11;/h5-6,9H,1-4,7H2,(H2,8,10,11);1H/t5-,6+;/m1./s1. The minimum Gasteiger partial charge on any atom is -0.375 e. The van der Waals surface area contributed by atoms with Crippen molar-refractivity contribution in [3.8, 4) is 0 Å². The van der Waals surface area contributed by atoms with Crippen molar-refractivity contribution in [3.05, 3.63) is 0 Å². The van der Waals surface area contributed by atoms with Crippen LogP contribution in [0.5, 0.6) is 0 Å². The Hall–Kier alpha value is 0.0800. The molecular weight excluding hydrogens is 230 g/mol. The number of rotatable bonds is 3. The Kier molecular flexibility index (Phi) is 5.87. The molecule has 1 saturated heterocycles. The summed E-state index contributed by atoms with van der Waals surface area (Å²) in [4.78, 5) is 0. The summed E-state index contributed by atoms with van der Waals surface area (Å²) in [6.45, 7) is 0.711. The molecule has 6 nitrogen and oxygen atoms in total. The molecule has 1 heterocycles. The van der Waals surface area contributed by atoms with Crippen molar-refractivity contribution in [1.82, 2.24) is 4.72 Å². The summed E-state index contributed by atoms with van der Waals surface area (Å²) in [5.74, 6) is 0. The molecule has 0 radical (unpaired) electrons. The zero-order chi connectivity index (χ0) is 9.90. The molecule has 0 amide bonds. The molecule has 0 saturated carbocycles. The Labute approximate surface area is 90.0 Å². The lowest BCUT2D eigenvalue weighted by atomic mass is 10.1. The first-order chi connectivity index (χ1) is 5.97. The minimum absolute atomic E-state index is 0. The highest BCUT2D eigenvalue weighted by atomic mass is 35.5. The van der Waals surface area contributed by atoms with Gasteiger partial charge in [0.15, 0.2) is 0 Å². The van der Waals surface area contributed by atoms with E-state index >= 15 is 0 Å². The van der Waals surface area contributed by atoms with Gasteiger partial charge in [0.05, 0.1) is 12.7 Å². The lowest BCUT2D eigenvalue weighted by Crippen LogP contribution is -2.42. The van der Waals surface area contributed by atoms with Crippen LogP contribution in [-0.4, -0.2) is 33.7 Å². The molecule has 2 atom stereocenters. The van der Waals surface area contributed by atoms with Crippen molar-refractivity contribution < 1.29 is 13.2 Å². The van der Waals surface area contributed by atoms with Gasteiger partial charge in [0.25, 0.3) is 10.2 Å². The molecule has 0 spiro atoms. The molecule has 14 heavy (non-hydrogen) atoms. The van der Waals surface area contributed by atoms with Gasteiger partial charge in [-0.2, -0.15) is 13.1 Å². The van der Waals surface area contributed by atoms with E-state index in [2.05, 4.69) is 4.72 Å². The van der Waals surface area contributed by atoms with Gasteiger partial charge in [0.1, 0.15) is 0 Å². The van der Waals surface area contributed by atoms with Crippen LogP contribution in [0.2, 0.25) is 0 Å². The van der Waals surface area contributed by atoms with Gasteiger partial charge < -0.3 is 10.5 Å². The van der Waals surface area contributed by atoms with Crippen molar-refractivity contribution in [2.75, 3.05) is 13.2 Å². The number of nitrogens with two attached hydrogens (primary N) is 2. The normalized spacial score (nSPS) is 28.1. The second kappa shape index (κ2) is 5.84. The molecule has 5 N–H and O–H groups in total. The molecule has 0 aromatic heterocycles. The summed E-state index contributed by atoms with van der Waals surface area (Å²) in [5.41, 5.74) is 5.59. The Morgan fingerprint density at radius 1 is 1.43 bits per heavy atom. The number of halogens is 1. The number of nitrogens with one attached hydrogen (secondary N) is 1. The van der Waals surface area contributed by atoms with Crippen molar-refractivity contribution in [2.24, 2.45) is 10.9 Å². The largest absolute Gasteiger partial charge is 0.375 e. The predicted octanol–water partition coefficient (Wildman–Crippen LogP) is -1.29. The first-order valence-corrected chi connectivity index (χ1v) is 5.66.